The molecule has 1 atom stereocenters. The zero-order valence-corrected chi connectivity index (χ0v) is 17.8. The average molecular weight is 402 g/mol. The van der Waals surface area contributed by atoms with Crippen LogP contribution in [-0.2, 0) is 19.1 Å². The van der Waals surface area contributed by atoms with Crippen LogP contribution in [0, 0.1) is 11.3 Å². The maximum atomic E-state index is 12.5. The third-order valence-electron chi connectivity index (χ3n) is 4.98. The van der Waals surface area contributed by atoms with Crippen LogP contribution in [0.5, 0.6) is 0 Å². The number of ketones is 1. The highest BCUT2D eigenvalue weighted by atomic mass is 16.5. The maximum Gasteiger partial charge on any atom is 0.309 e. The second-order valence-electron chi connectivity index (χ2n) is 8.49. The molecule has 0 aliphatic carbocycles. The number of benzene rings is 1. The molecule has 1 saturated heterocycles. The molecule has 0 aromatic heterocycles. The van der Waals surface area contributed by atoms with Crippen molar-refractivity contribution in [2.24, 2.45) is 11.3 Å². The Morgan fingerprint density at radius 1 is 1.10 bits per heavy atom. The number of likely N-dealkylation sites (tertiary alicyclic amines) is 1. The van der Waals surface area contributed by atoms with E-state index in [1.807, 2.05) is 20.8 Å². The number of piperidine rings is 1. The molecule has 1 N–H and O–H groups in total. The lowest BCUT2D eigenvalue weighted by atomic mass is 9.91. The van der Waals surface area contributed by atoms with Crippen molar-refractivity contribution in [2.75, 3.05) is 18.4 Å². The third kappa shape index (κ3) is 5.89. The molecule has 0 radical (unpaired) electrons. The molecule has 158 valence electrons. The van der Waals surface area contributed by atoms with Gasteiger partial charge in [-0.2, -0.15) is 0 Å². The molecule has 1 aliphatic heterocycles. The van der Waals surface area contributed by atoms with Crippen LogP contribution in [0.3, 0.4) is 0 Å². The van der Waals surface area contributed by atoms with Gasteiger partial charge in [-0.1, -0.05) is 32.9 Å². The van der Waals surface area contributed by atoms with Crippen molar-refractivity contribution in [1.29, 1.82) is 0 Å². The second-order valence-corrected chi connectivity index (χ2v) is 8.49. The van der Waals surface area contributed by atoms with Crippen LogP contribution in [-0.4, -0.2) is 47.7 Å². The van der Waals surface area contributed by atoms with Crippen LogP contribution in [0.1, 0.15) is 57.8 Å². The van der Waals surface area contributed by atoms with E-state index < -0.39 is 23.4 Å². The summed E-state index contributed by atoms with van der Waals surface area (Å²) in [4.78, 5) is 50.7. The molecule has 1 heterocycles. The number of carbonyl (C=O) groups is 4. The van der Waals surface area contributed by atoms with E-state index >= 15 is 0 Å². The van der Waals surface area contributed by atoms with E-state index in [2.05, 4.69) is 5.32 Å². The SMILES string of the molecule is CC(=O)c1ccccc1NC(=O)[C@@H](C)OC(=O)C1CCN(C(=O)C(C)(C)C)CC1. The molecular formula is C22H30N2O5. The molecule has 0 unspecified atom stereocenters. The van der Waals surface area contributed by atoms with Crippen molar-refractivity contribution in [3.8, 4) is 0 Å². The van der Waals surface area contributed by atoms with E-state index in [9.17, 15) is 19.2 Å². The lowest BCUT2D eigenvalue weighted by Crippen LogP contribution is -2.45. The molecule has 1 fully saturated rings. The minimum atomic E-state index is -0.989. The Labute approximate surface area is 171 Å². The number of esters is 1. The number of carbonyl (C=O) groups excluding carboxylic acids is 4. The summed E-state index contributed by atoms with van der Waals surface area (Å²) in [5, 5.41) is 2.65. The van der Waals surface area contributed by atoms with Crippen LogP contribution < -0.4 is 5.32 Å². The van der Waals surface area contributed by atoms with Crippen molar-refractivity contribution in [1.82, 2.24) is 4.90 Å². The van der Waals surface area contributed by atoms with E-state index in [0.29, 0.717) is 37.2 Å². The Kier molecular flexibility index (Phi) is 7.16. The molecule has 7 heteroatoms. The topological polar surface area (TPSA) is 92.8 Å². The van der Waals surface area contributed by atoms with E-state index in [0.717, 1.165) is 0 Å². The quantitative estimate of drug-likeness (QED) is 0.604. The fourth-order valence-corrected chi connectivity index (χ4v) is 3.25. The van der Waals surface area contributed by atoms with Gasteiger partial charge >= 0.3 is 5.97 Å². The van der Waals surface area contributed by atoms with Crippen molar-refractivity contribution in [3.05, 3.63) is 29.8 Å². The van der Waals surface area contributed by atoms with Gasteiger partial charge in [0.1, 0.15) is 0 Å². The molecule has 0 spiro atoms. The number of rotatable bonds is 5. The van der Waals surface area contributed by atoms with Gasteiger partial charge < -0.3 is 15.0 Å². The van der Waals surface area contributed by atoms with Gasteiger partial charge in [0, 0.05) is 24.1 Å². The van der Waals surface area contributed by atoms with Crippen LogP contribution in [0.2, 0.25) is 0 Å². The number of nitrogens with one attached hydrogen (secondary N) is 1. The smallest absolute Gasteiger partial charge is 0.309 e. The summed E-state index contributed by atoms with van der Waals surface area (Å²) in [6.45, 7) is 9.55. The van der Waals surface area contributed by atoms with Gasteiger partial charge in [-0.3, -0.25) is 19.2 Å². The predicted octanol–water partition coefficient (Wildman–Crippen LogP) is 3.04. The van der Waals surface area contributed by atoms with E-state index in [4.69, 9.17) is 4.74 Å². The Bertz CT molecular complexity index is 789. The van der Waals surface area contributed by atoms with Crippen molar-refractivity contribution >= 4 is 29.3 Å². The highest BCUT2D eigenvalue weighted by Gasteiger charge is 2.34. The molecule has 1 aliphatic rings. The number of ether oxygens (including phenoxy) is 1. The zero-order valence-electron chi connectivity index (χ0n) is 17.8. The largest absolute Gasteiger partial charge is 0.452 e. The lowest BCUT2D eigenvalue weighted by Gasteiger charge is -2.35. The molecule has 1 aromatic rings. The van der Waals surface area contributed by atoms with Crippen molar-refractivity contribution in [2.45, 2.75) is 53.6 Å². The lowest BCUT2D eigenvalue weighted by molar-refractivity contribution is -0.160. The van der Waals surface area contributed by atoms with Gasteiger partial charge in [-0.05, 0) is 38.8 Å². The van der Waals surface area contributed by atoms with Gasteiger partial charge in [0.2, 0.25) is 5.91 Å². The number of Topliss-reactive ketones (excluding diaryl/α,β-unsaturated/α-hetero) is 1. The number of amides is 2. The Hall–Kier alpha value is -2.70. The summed E-state index contributed by atoms with van der Waals surface area (Å²) in [6.07, 6.45) is 0.0429. The van der Waals surface area contributed by atoms with Crippen LogP contribution >= 0.6 is 0 Å². The fraction of sp³-hybridized carbons (Fsp3) is 0.545. The fourth-order valence-electron chi connectivity index (χ4n) is 3.25. The maximum absolute atomic E-state index is 12.5. The number of nitrogens with zero attached hydrogens (tertiary/aromatic N) is 1. The van der Waals surface area contributed by atoms with Crippen molar-refractivity contribution < 1.29 is 23.9 Å². The monoisotopic (exact) mass is 402 g/mol. The number of anilines is 1. The normalized spacial score (nSPS) is 16.1. The molecule has 1 aromatic carbocycles. The Morgan fingerprint density at radius 2 is 1.69 bits per heavy atom. The highest BCUT2D eigenvalue weighted by molar-refractivity contribution is 6.04. The Morgan fingerprint density at radius 3 is 2.24 bits per heavy atom. The van der Waals surface area contributed by atoms with Gasteiger partial charge in [-0.25, -0.2) is 0 Å². The summed E-state index contributed by atoms with van der Waals surface area (Å²) in [7, 11) is 0. The number of hydrogen-bond acceptors (Lipinski definition) is 5. The minimum absolute atomic E-state index is 0.0706. The van der Waals surface area contributed by atoms with E-state index in [1.54, 1.807) is 29.2 Å². The number of para-hydroxylation sites is 1. The molecule has 2 amide bonds. The van der Waals surface area contributed by atoms with Crippen LogP contribution in [0.15, 0.2) is 24.3 Å². The van der Waals surface area contributed by atoms with Crippen LogP contribution in [0.25, 0.3) is 0 Å². The summed E-state index contributed by atoms with van der Waals surface area (Å²) < 4.78 is 5.35. The molecule has 7 nitrogen and oxygen atoms in total. The average Bonchev–Trinajstić information content (AvgIpc) is 2.66. The summed E-state index contributed by atoms with van der Waals surface area (Å²) in [6, 6.07) is 6.68. The Balaban J connectivity index is 1.89. The highest BCUT2D eigenvalue weighted by Crippen LogP contribution is 2.25. The third-order valence-corrected chi connectivity index (χ3v) is 4.98. The standard InChI is InChI=1S/C22H30N2O5/c1-14(25)17-8-6-7-9-18(17)23-19(26)15(2)29-20(27)16-10-12-24(13-11-16)21(28)22(3,4)5/h6-9,15-16H,10-13H2,1-5H3,(H,23,26)/t15-/m1/s1. The zero-order chi connectivity index (χ0) is 21.8. The molecule has 2 rings (SSSR count). The van der Waals surface area contributed by atoms with E-state index in [-0.39, 0.29) is 17.6 Å². The van der Waals surface area contributed by atoms with Gasteiger partial charge in [0.25, 0.3) is 5.91 Å². The summed E-state index contributed by atoms with van der Waals surface area (Å²) >= 11 is 0. The van der Waals surface area contributed by atoms with Crippen molar-refractivity contribution in [3.63, 3.8) is 0 Å². The first-order chi connectivity index (χ1) is 13.5. The summed E-state index contributed by atoms with van der Waals surface area (Å²) in [5.74, 6) is -1.36. The van der Waals surface area contributed by atoms with Gasteiger partial charge in [-0.15, -0.1) is 0 Å². The van der Waals surface area contributed by atoms with Gasteiger partial charge in [0.05, 0.1) is 11.6 Å². The first-order valence-corrected chi connectivity index (χ1v) is 9.91. The minimum Gasteiger partial charge on any atom is -0.452 e. The van der Waals surface area contributed by atoms with Crippen LogP contribution in [0.4, 0.5) is 5.69 Å². The number of hydrogen-bond donors (Lipinski definition) is 1. The molecule has 0 bridgehead atoms. The second kappa shape index (κ2) is 9.20. The summed E-state index contributed by atoms with van der Waals surface area (Å²) in [5.41, 5.74) is 0.341. The first-order valence-electron chi connectivity index (χ1n) is 9.91. The van der Waals surface area contributed by atoms with Gasteiger partial charge in [0.15, 0.2) is 11.9 Å². The van der Waals surface area contributed by atoms with E-state index in [1.165, 1.54) is 13.8 Å². The predicted molar refractivity (Wildman–Crippen MR) is 109 cm³/mol. The molecule has 0 saturated carbocycles. The first kappa shape index (κ1) is 22.6. The molecular weight excluding hydrogens is 372 g/mol. The molecule has 29 heavy (non-hydrogen) atoms.